The van der Waals surface area contributed by atoms with Gasteiger partial charge in [-0.1, -0.05) is 0 Å². The Hall–Kier alpha value is -4.21. The van der Waals surface area contributed by atoms with Gasteiger partial charge in [0.05, 0.1) is 0 Å². The number of nitrogens with one attached hydrogen (secondary N) is 1. The predicted octanol–water partition coefficient (Wildman–Crippen LogP) is 6.41. The molecule has 0 atom stereocenters. The van der Waals surface area contributed by atoms with E-state index in [0.717, 1.165) is 37.5 Å². The van der Waals surface area contributed by atoms with Gasteiger partial charge in [-0.2, -0.15) is 0 Å². The van der Waals surface area contributed by atoms with Crippen LogP contribution in [-0.2, 0) is 0 Å². The van der Waals surface area contributed by atoms with Gasteiger partial charge in [0.1, 0.15) is 0 Å². The van der Waals surface area contributed by atoms with E-state index in [9.17, 15) is 10.2 Å². The van der Waals surface area contributed by atoms with E-state index in [1.807, 2.05) is 97.1 Å². The standard InChI is InChI=1S/C35H32NO3P/c37-26-14-25-36-40(27-15-4-1-5-16-27,28-17-6-2-7-18-28,29-19-8-3-9-20-29)39-35-33-24-13-11-22-31(33)30-21-10-12-23-32(30)34(35)38/h1-13,15-24,36-38H,14,25-26H2. The molecule has 0 aliphatic rings. The molecule has 40 heavy (non-hydrogen) atoms. The van der Waals surface area contributed by atoms with Crippen LogP contribution in [0, 0.1) is 0 Å². The molecule has 0 saturated carbocycles. The fourth-order valence-electron chi connectivity index (χ4n) is 5.79. The monoisotopic (exact) mass is 545 g/mol. The van der Waals surface area contributed by atoms with E-state index in [1.165, 1.54) is 0 Å². The third-order valence-corrected chi connectivity index (χ3v) is 12.9. The number of hydrogen-bond donors (Lipinski definition) is 3. The Morgan fingerprint density at radius 1 is 0.525 bits per heavy atom. The Morgan fingerprint density at radius 3 is 1.40 bits per heavy atom. The van der Waals surface area contributed by atoms with Crippen LogP contribution >= 0.6 is 6.98 Å². The number of rotatable bonds is 9. The number of benzene rings is 6. The normalized spacial score (nSPS) is 12.7. The van der Waals surface area contributed by atoms with E-state index in [2.05, 4.69) is 47.6 Å². The van der Waals surface area contributed by atoms with Gasteiger partial charge in [0.25, 0.3) is 0 Å². The molecular formula is C35H32NO3P. The Kier molecular flexibility index (Phi) is 7.00. The first-order valence-corrected chi connectivity index (χ1v) is 15.7. The first kappa shape index (κ1) is 26.0. The number of hydrogen-bond acceptors (Lipinski definition) is 4. The van der Waals surface area contributed by atoms with Gasteiger partial charge in [-0.05, 0) is 0 Å². The second kappa shape index (κ2) is 10.7. The third-order valence-electron chi connectivity index (χ3n) is 7.63. The summed E-state index contributed by atoms with van der Waals surface area (Å²) < 4.78 is 7.63. The van der Waals surface area contributed by atoms with Crippen molar-refractivity contribution in [2.75, 3.05) is 13.2 Å². The maximum atomic E-state index is 12.0. The van der Waals surface area contributed by atoms with Gasteiger partial charge in [0.2, 0.25) is 0 Å². The van der Waals surface area contributed by atoms with Crippen LogP contribution in [0.2, 0.25) is 0 Å². The number of fused-ring (bicyclic) bond motifs is 3. The molecule has 0 saturated heterocycles. The van der Waals surface area contributed by atoms with E-state index < -0.39 is 6.98 Å². The first-order chi connectivity index (χ1) is 19.7. The van der Waals surface area contributed by atoms with E-state index in [1.54, 1.807) is 0 Å². The second-order valence-electron chi connectivity index (χ2n) is 9.89. The van der Waals surface area contributed by atoms with E-state index >= 15 is 0 Å². The summed E-state index contributed by atoms with van der Waals surface area (Å²) in [7, 11) is 0. The van der Waals surface area contributed by atoms with Gasteiger partial charge in [-0.3, -0.25) is 0 Å². The van der Waals surface area contributed by atoms with E-state index in [4.69, 9.17) is 4.52 Å². The van der Waals surface area contributed by atoms with Crippen molar-refractivity contribution in [3.63, 3.8) is 0 Å². The van der Waals surface area contributed by atoms with Gasteiger partial charge in [0.15, 0.2) is 0 Å². The molecule has 0 aliphatic heterocycles. The van der Waals surface area contributed by atoms with Crippen molar-refractivity contribution in [1.82, 2.24) is 5.09 Å². The summed E-state index contributed by atoms with van der Waals surface area (Å²) in [6.07, 6.45) is 0.540. The van der Waals surface area contributed by atoms with Crippen LogP contribution in [-0.4, -0.2) is 23.4 Å². The van der Waals surface area contributed by atoms with Crippen molar-refractivity contribution in [3.8, 4) is 11.5 Å². The minimum atomic E-state index is -4.04. The molecule has 6 aromatic carbocycles. The zero-order chi connectivity index (χ0) is 27.4. The molecule has 200 valence electrons. The van der Waals surface area contributed by atoms with Crippen LogP contribution in [0.4, 0.5) is 0 Å². The van der Waals surface area contributed by atoms with Crippen LogP contribution in [0.3, 0.4) is 0 Å². The summed E-state index contributed by atoms with van der Waals surface area (Å²) in [5, 5.41) is 32.2. The van der Waals surface area contributed by atoms with Crippen molar-refractivity contribution < 1.29 is 14.7 Å². The molecule has 0 unspecified atom stereocenters. The zero-order valence-electron chi connectivity index (χ0n) is 22.2. The topological polar surface area (TPSA) is 61.7 Å². The molecule has 0 amide bonds. The van der Waals surface area contributed by atoms with Crippen molar-refractivity contribution in [2.24, 2.45) is 0 Å². The summed E-state index contributed by atoms with van der Waals surface area (Å²) in [5.74, 6) is 0.537. The molecule has 6 aromatic rings. The van der Waals surface area contributed by atoms with Crippen molar-refractivity contribution in [3.05, 3.63) is 140 Å². The van der Waals surface area contributed by atoms with Gasteiger partial charge in [-0.15, -0.1) is 0 Å². The minimum absolute atomic E-state index is 0.0437. The summed E-state index contributed by atoms with van der Waals surface area (Å²) in [5.41, 5.74) is 0. The fraction of sp³-hybridized carbons (Fsp3) is 0.0857. The van der Waals surface area contributed by atoms with Crippen LogP contribution in [0.5, 0.6) is 11.5 Å². The number of aliphatic hydroxyl groups excluding tert-OH is 1. The summed E-state index contributed by atoms with van der Waals surface area (Å²) >= 11 is 0. The average Bonchev–Trinajstić information content (AvgIpc) is 3.04. The number of phenolic OH excluding ortho intramolecular Hbond substituents is 1. The number of phenols is 1. The fourth-order valence-corrected chi connectivity index (χ4v) is 11.0. The number of aromatic hydroxyl groups is 1. The quantitative estimate of drug-likeness (QED) is 0.112. The van der Waals surface area contributed by atoms with Crippen LogP contribution in [0.25, 0.3) is 21.5 Å². The summed E-state index contributed by atoms with van der Waals surface area (Å²) in [4.78, 5) is 0. The van der Waals surface area contributed by atoms with Crippen molar-refractivity contribution >= 4 is 44.4 Å². The summed E-state index contributed by atoms with van der Waals surface area (Å²) in [6.45, 7) is -3.50. The molecule has 0 spiro atoms. The zero-order valence-corrected chi connectivity index (χ0v) is 23.0. The van der Waals surface area contributed by atoms with Gasteiger partial charge >= 0.3 is 235 Å². The maximum absolute atomic E-state index is 12.0. The van der Waals surface area contributed by atoms with E-state index in [0.29, 0.717) is 18.7 Å². The molecule has 0 aromatic heterocycles. The van der Waals surface area contributed by atoms with Crippen molar-refractivity contribution in [1.29, 1.82) is 0 Å². The molecule has 0 radical (unpaired) electrons. The van der Waals surface area contributed by atoms with Gasteiger partial charge in [0, 0.05) is 0 Å². The Morgan fingerprint density at radius 2 is 0.925 bits per heavy atom. The summed E-state index contributed by atoms with van der Waals surface area (Å²) in [6, 6.07) is 46.7. The molecule has 3 N–H and O–H groups in total. The second-order valence-corrected chi connectivity index (χ2v) is 14.0. The van der Waals surface area contributed by atoms with E-state index in [-0.39, 0.29) is 12.4 Å². The molecule has 4 nitrogen and oxygen atoms in total. The Bertz CT molecular complexity index is 1660. The molecule has 5 heteroatoms. The molecule has 0 aliphatic carbocycles. The van der Waals surface area contributed by atoms with Gasteiger partial charge in [-0.25, -0.2) is 0 Å². The third kappa shape index (κ3) is 4.04. The first-order valence-electron chi connectivity index (χ1n) is 13.6. The molecule has 0 bridgehead atoms. The van der Waals surface area contributed by atoms with Crippen molar-refractivity contribution in [2.45, 2.75) is 6.42 Å². The van der Waals surface area contributed by atoms with Crippen LogP contribution in [0.1, 0.15) is 6.42 Å². The number of aliphatic hydroxyl groups is 1. The van der Waals surface area contributed by atoms with Gasteiger partial charge < -0.3 is 0 Å². The average molecular weight is 546 g/mol. The molecule has 0 heterocycles. The molecular weight excluding hydrogens is 513 g/mol. The Balaban J connectivity index is 1.80. The predicted molar refractivity (Wildman–Crippen MR) is 169 cm³/mol. The Labute approximate surface area is 234 Å². The molecule has 6 rings (SSSR count). The molecule has 0 fully saturated rings. The van der Waals surface area contributed by atoms with Crippen LogP contribution < -0.4 is 25.5 Å². The SMILES string of the molecule is OCCCNP(Oc1c(O)c2ccccc2c2ccccc12)(c1ccccc1)(c1ccccc1)c1ccccc1. The van der Waals surface area contributed by atoms with Crippen LogP contribution in [0.15, 0.2) is 140 Å².